The molecule has 0 saturated heterocycles. The molecule has 4 aliphatic rings. The molecule has 6 heteroatoms. The molecule has 206 valence electrons. The number of allylic oxidation sites excluding steroid dienone is 1. The first-order valence-corrected chi connectivity index (χ1v) is 14.4. The summed E-state index contributed by atoms with van der Waals surface area (Å²) in [5.41, 5.74) is 7.40. The predicted octanol–water partition coefficient (Wildman–Crippen LogP) is 6.57. The number of halogens is 1. The number of hydrogen-bond donors (Lipinski definition) is 2. The number of hydrazine groups is 1. The van der Waals surface area contributed by atoms with Gasteiger partial charge in [0.2, 0.25) is 0 Å². The number of ether oxygens (including phenoxy) is 1. The van der Waals surface area contributed by atoms with Crippen molar-refractivity contribution in [1.29, 1.82) is 0 Å². The summed E-state index contributed by atoms with van der Waals surface area (Å²) in [7, 11) is 1.61. The summed E-state index contributed by atoms with van der Waals surface area (Å²) in [6.45, 7) is 7.67. The number of nitrogens with zero attached hydrogens (tertiary/aromatic N) is 1. The van der Waals surface area contributed by atoms with E-state index in [0.29, 0.717) is 29.0 Å². The molecule has 37 heavy (non-hydrogen) atoms. The minimum absolute atomic E-state index is 0.0660. The van der Waals surface area contributed by atoms with Gasteiger partial charge in [0.1, 0.15) is 5.75 Å². The van der Waals surface area contributed by atoms with Crippen molar-refractivity contribution in [1.82, 2.24) is 0 Å². The molecule has 1 aromatic rings. The van der Waals surface area contributed by atoms with Gasteiger partial charge in [0, 0.05) is 12.0 Å². The molecule has 8 atom stereocenters. The maximum Gasteiger partial charge on any atom is 0.157 e. The van der Waals surface area contributed by atoms with Gasteiger partial charge in [0.15, 0.2) is 5.78 Å². The highest BCUT2D eigenvalue weighted by atomic mass is 19.1. The standard InChI is InChI=1S/C28H42FN3O2.C3H6/c1-28-12-11-21-20-6-3-17(15-29)13-18(20)4-7-22(21)23(28)8-9-24(28)27(33)16-32(31)26-14-19(34-2)5-10-25(26)30;1-3-2/h5,10,14,17-18,20-24H,3-4,6-9,11-13,15-16,30-31H2,1-2H3;3H,1H2,2H3. The van der Waals surface area contributed by atoms with Crippen molar-refractivity contribution in [3.8, 4) is 5.75 Å². The summed E-state index contributed by atoms with van der Waals surface area (Å²) in [6.07, 6.45) is 12.2. The second-order valence-electron chi connectivity index (χ2n) is 12.4. The number of nitrogens with two attached hydrogens (primary N) is 2. The van der Waals surface area contributed by atoms with Crippen molar-refractivity contribution in [2.75, 3.05) is 31.1 Å². The first-order chi connectivity index (χ1) is 17.8. The Hall–Kier alpha value is -2.08. The molecular formula is C31H48FN3O2. The lowest BCUT2D eigenvalue weighted by Crippen LogP contribution is -2.50. The summed E-state index contributed by atoms with van der Waals surface area (Å²) < 4.78 is 18.6. The smallest absolute Gasteiger partial charge is 0.157 e. The molecule has 4 saturated carbocycles. The Balaban J connectivity index is 0.00000102. The van der Waals surface area contributed by atoms with E-state index in [1.54, 1.807) is 31.4 Å². The van der Waals surface area contributed by atoms with Crippen LogP contribution in [0, 0.1) is 46.8 Å². The number of carbonyl (C=O) groups is 1. The number of benzene rings is 1. The second-order valence-corrected chi connectivity index (χ2v) is 12.4. The average Bonchev–Trinajstić information content (AvgIpc) is 3.26. The lowest BCUT2D eigenvalue weighted by atomic mass is 9.49. The second kappa shape index (κ2) is 11.8. The number of anilines is 2. The van der Waals surface area contributed by atoms with E-state index in [9.17, 15) is 9.18 Å². The molecule has 5 rings (SSSR count). The number of methoxy groups -OCH3 is 1. The topological polar surface area (TPSA) is 81.6 Å². The van der Waals surface area contributed by atoms with Gasteiger partial charge in [-0.25, -0.2) is 5.84 Å². The van der Waals surface area contributed by atoms with Crippen molar-refractivity contribution in [2.24, 2.45) is 52.7 Å². The molecule has 0 spiro atoms. The van der Waals surface area contributed by atoms with Gasteiger partial charge >= 0.3 is 0 Å². The third kappa shape index (κ3) is 5.41. The van der Waals surface area contributed by atoms with Crippen molar-refractivity contribution in [3.05, 3.63) is 30.9 Å². The molecule has 1 aromatic carbocycles. The van der Waals surface area contributed by atoms with Crippen LogP contribution in [-0.4, -0.2) is 26.1 Å². The molecule has 0 amide bonds. The summed E-state index contributed by atoms with van der Waals surface area (Å²) in [6, 6.07) is 5.36. The van der Waals surface area contributed by atoms with Gasteiger partial charge in [-0.3, -0.25) is 9.18 Å². The van der Waals surface area contributed by atoms with Gasteiger partial charge in [-0.05, 0) is 118 Å². The van der Waals surface area contributed by atoms with E-state index in [0.717, 1.165) is 55.8 Å². The van der Waals surface area contributed by atoms with E-state index < -0.39 is 0 Å². The van der Waals surface area contributed by atoms with Crippen molar-refractivity contribution < 1.29 is 13.9 Å². The van der Waals surface area contributed by atoms with E-state index in [2.05, 4.69) is 13.5 Å². The number of ketones is 1. The SMILES string of the molecule is C=CC.COc1ccc(N)c(N(N)CC(=O)C2CCC3C4CCC5CC(CF)CCC5C4CCC23C)c1. The fourth-order valence-corrected chi connectivity index (χ4v) is 8.88. The maximum atomic E-state index is 13.6. The van der Waals surface area contributed by atoms with Crippen LogP contribution in [0.3, 0.4) is 0 Å². The molecule has 5 nitrogen and oxygen atoms in total. The van der Waals surface area contributed by atoms with Crippen LogP contribution >= 0.6 is 0 Å². The Morgan fingerprint density at radius 3 is 2.59 bits per heavy atom. The van der Waals surface area contributed by atoms with Crippen molar-refractivity contribution >= 4 is 17.2 Å². The summed E-state index contributed by atoms with van der Waals surface area (Å²) in [5, 5.41) is 1.50. The largest absolute Gasteiger partial charge is 0.497 e. The molecule has 0 aliphatic heterocycles. The van der Waals surface area contributed by atoms with Crippen LogP contribution in [0.1, 0.15) is 71.6 Å². The monoisotopic (exact) mass is 513 g/mol. The fraction of sp³-hybridized carbons (Fsp3) is 0.710. The van der Waals surface area contributed by atoms with Crippen LogP contribution in [0.2, 0.25) is 0 Å². The number of alkyl halides is 1. The molecule has 4 fully saturated rings. The van der Waals surface area contributed by atoms with E-state index in [-0.39, 0.29) is 30.3 Å². The number of nitrogen functional groups attached to an aromatic ring is 1. The molecule has 8 unspecified atom stereocenters. The van der Waals surface area contributed by atoms with E-state index in [1.165, 1.54) is 30.7 Å². The van der Waals surface area contributed by atoms with Crippen LogP contribution in [0.15, 0.2) is 30.9 Å². The van der Waals surface area contributed by atoms with E-state index in [4.69, 9.17) is 16.3 Å². The minimum Gasteiger partial charge on any atom is -0.497 e. The summed E-state index contributed by atoms with van der Waals surface area (Å²) in [4.78, 5) is 13.6. The lowest BCUT2D eigenvalue weighted by molar-refractivity contribution is -0.129. The van der Waals surface area contributed by atoms with Crippen LogP contribution < -0.4 is 21.3 Å². The number of hydrogen-bond acceptors (Lipinski definition) is 5. The van der Waals surface area contributed by atoms with E-state index >= 15 is 0 Å². The van der Waals surface area contributed by atoms with Gasteiger partial charge in [-0.15, -0.1) is 6.58 Å². The van der Waals surface area contributed by atoms with Gasteiger partial charge in [0.05, 0.1) is 31.7 Å². The van der Waals surface area contributed by atoms with Crippen molar-refractivity contribution in [2.45, 2.75) is 71.6 Å². The Bertz CT molecular complexity index is 954. The number of carbonyl (C=O) groups excluding carboxylic acids is 1. The number of fused-ring (bicyclic) bond motifs is 5. The van der Waals surface area contributed by atoms with Gasteiger partial charge in [0.25, 0.3) is 0 Å². The Morgan fingerprint density at radius 1 is 1.16 bits per heavy atom. The van der Waals surface area contributed by atoms with Crippen LogP contribution in [0.4, 0.5) is 15.8 Å². The molecular weight excluding hydrogens is 465 g/mol. The highest BCUT2D eigenvalue weighted by molar-refractivity contribution is 5.87. The van der Waals surface area contributed by atoms with Crippen LogP contribution in [0.25, 0.3) is 0 Å². The molecule has 0 radical (unpaired) electrons. The minimum atomic E-state index is -0.138. The first kappa shape index (κ1) is 27.9. The fourth-order valence-electron chi connectivity index (χ4n) is 8.88. The average molecular weight is 514 g/mol. The zero-order valence-corrected chi connectivity index (χ0v) is 23.1. The highest BCUT2D eigenvalue weighted by Gasteiger charge is 2.58. The predicted molar refractivity (Wildman–Crippen MR) is 150 cm³/mol. The van der Waals surface area contributed by atoms with Crippen molar-refractivity contribution in [3.63, 3.8) is 0 Å². The number of rotatable bonds is 6. The first-order valence-electron chi connectivity index (χ1n) is 14.4. The zero-order valence-electron chi connectivity index (χ0n) is 23.1. The zero-order chi connectivity index (χ0) is 26.7. The quantitative estimate of drug-likeness (QED) is 0.194. The summed E-state index contributed by atoms with van der Waals surface area (Å²) in [5.74, 6) is 11.3. The Kier molecular flexibility index (Phi) is 8.88. The van der Waals surface area contributed by atoms with E-state index in [1.807, 2.05) is 6.92 Å². The Labute approximate surface area is 223 Å². The maximum absolute atomic E-state index is 13.6. The third-order valence-corrected chi connectivity index (χ3v) is 10.5. The lowest BCUT2D eigenvalue weighted by Gasteiger charge is -2.56. The molecule has 4 N–H and O–H groups in total. The van der Waals surface area contributed by atoms with Gasteiger partial charge in [-0.1, -0.05) is 13.0 Å². The molecule has 0 bridgehead atoms. The normalized spacial score (nSPS) is 36.2. The van der Waals surface area contributed by atoms with Crippen LogP contribution in [-0.2, 0) is 4.79 Å². The third-order valence-electron chi connectivity index (χ3n) is 10.5. The van der Waals surface area contributed by atoms with Gasteiger partial charge < -0.3 is 15.5 Å². The molecule has 4 aliphatic carbocycles. The molecule has 0 aromatic heterocycles. The van der Waals surface area contributed by atoms with Crippen LogP contribution in [0.5, 0.6) is 5.75 Å². The summed E-state index contributed by atoms with van der Waals surface area (Å²) >= 11 is 0. The van der Waals surface area contributed by atoms with Gasteiger partial charge in [-0.2, -0.15) is 0 Å². The number of Topliss-reactive ketones (excluding diaryl/α,β-unsaturated/α-hetero) is 1. The Morgan fingerprint density at radius 2 is 1.89 bits per heavy atom. The highest BCUT2D eigenvalue weighted by Crippen LogP contribution is 2.64. The molecule has 0 heterocycles.